The summed E-state index contributed by atoms with van der Waals surface area (Å²) in [5.74, 6) is 1.65. The Morgan fingerprint density at radius 2 is 1.95 bits per heavy atom. The van der Waals surface area contributed by atoms with Crippen LogP contribution in [0.25, 0.3) is 0 Å². The fourth-order valence-corrected chi connectivity index (χ4v) is 2.26. The molecular weight excluding hydrogens is 241 g/mol. The zero-order valence-corrected chi connectivity index (χ0v) is 11.5. The molecule has 0 unspecified atom stereocenters. The van der Waals surface area contributed by atoms with Crippen molar-refractivity contribution in [1.82, 2.24) is 4.90 Å². The molecule has 19 heavy (non-hydrogen) atoms. The van der Waals surface area contributed by atoms with E-state index in [2.05, 4.69) is 11.9 Å². The summed E-state index contributed by atoms with van der Waals surface area (Å²) >= 11 is 0. The lowest BCUT2D eigenvalue weighted by Gasteiger charge is -2.30. The summed E-state index contributed by atoms with van der Waals surface area (Å²) in [5, 5.41) is 18.0. The van der Waals surface area contributed by atoms with Crippen LogP contribution in [0.1, 0.15) is 19.3 Å². The third-order valence-electron chi connectivity index (χ3n) is 3.71. The highest BCUT2D eigenvalue weighted by atomic mass is 16.5. The molecule has 0 bridgehead atoms. The van der Waals surface area contributed by atoms with E-state index in [9.17, 15) is 0 Å². The van der Waals surface area contributed by atoms with E-state index in [0.717, 1.165) is 18.2 Å². The number of benzene rings is 1. The Kier molecular flexibility index (Phi) is 5.25. The second-order valence-electron chi connectivity index (χ2n) is 5.35. The lowest BCUT2D eigenvalue weighted by Crippen LogP contribution is -2.32. The second kappa shape index (κ2) is 6.94. The molecule has 0 saturated heterocycles. The maximum absolute atomic E-state index is 8.98. The molecule has 5 heteroatoms. The molecule has 1 saturated carbocycles. The highest BCUT2D eigenvalue weighted by molar-refractivity contribution is 6.58. The molecule has 0 heterocycles. The Labute approximate surface area is 115 Å². The molecule has 0 atom stereocenters. The van der Waals surface area contributed by atoms with Gasteiger partial charge in [-0.05, 0) is 43.4 Å². The normalized spacial score (nSPS) is 15.4. The van der Waals surface area contributed by atoms with Gasteiger partial charge in [-0.3, -0.25) is 0 Å². The van der Waals surface area contributed by atoms with Crippen molar-refractivity contribution < 1.29 is 14.8 Å². The van der Waals surface area contributed by atoms with Crippen molar-refractivity contribution in [1.29, 1.82) is 0 Å². The first-order valence-corrected chi connectivity index (χ1v) is 6.92. The third-order valence-corrected chi connectivity index (χ3v) is 3.71. The molecule has 1 fully saturated rings. The number of hydrogen-bond acceptors (Lipinski definition) is 4. The Morgan fingerprint density at radius 1 is 1.26 bits per heavy atom. The summed E-state index contributed by atoms with van der Waals surface area (Å²) in [6.45, 7) is 2.74. The maximum Gasteiger partial charge on any atom is 0.488 e. The summed E-state index contributed by atoms with van der Waals surface area (Å²) in [5.41, 5.74) is 0.481. The van der Waals surface area contributed by atoms with Gasteiger partial charge in [0, 0.05) is 13.1 Å². The number of nitrogens with zero attached hydrogens (tertiary/aromatic N) is 1. The highest BCUT2D eigenvalue weighted by Crippen LogP contribution is 2.26. The van der Waals surface area contributed by atoms with Crippen molar-refractivity contribution in [2.75, 3.05) is 26.7 Å². The Morgan fingerprint density at radius 3 is 2.47 bits per heavy atom. The monoisotopic (exact) mass is 263 g/mol. The van der Waals surface area contributed by atoms with Crippen LogP contribution in [0.5, 0.6) is 5.75 Å². The van der Waals surface area contributed by atoms with Gasteiger partial charge in [0.2, 0.25) is 0 Å². The molecule has 2 N–H and O–H groups in total. The van der Waals surface area contributed by atoms with Gasteiger partial charge >= 0.3 is 7.12 Å². The quantitative estimate of drug-likeness (QED) is 0.702. The molecule has 0 radical (unpaired) electrons. The molecule has 1 aromatic rings. The second-order valence-corrected chi connectivity index (χ2v) is 5.35. The number of ether oxygens (including phenoxy) is 1. The van der Waals surface area contributed by atoms with Crippen molar-refractivity contribution in [2.45, 2.75) is 19.3 Å². The van der Waals surface area contributed by atoms with Crippen molar-refractivity contribution in [3.63, 3.8) is 0 Å². The van der Waals surface area contributed by atoms with E-state index in [-0.39, 0.29) is 0 Å². The molecule has 104 valence electrons. The van der Waals surface area contributed by atoms with E-state index in [0.29, 0.717) is 12.1 Å². The largest absolute Gasteiger partial charge is 0.492 e. The van der Waals surface area contributed by atoms with Crippen LogP contribution in [0.4, 0.5) is 0 Å². The van der Waals surface area contributed by atoms with Crippen molar-refractivity contribution in [3.05, 3.63) is 24.3 Å². The average Bonchev–Trinajstić information content (AvgIpc) is 2.34. The van der Waals surface area contributed by atoms with Crippen molar-refractivity contribution in [2.24, 2.45) is 5.92 Å². The van der Waals surface area contributed by atoms with Crippen LogP contribution in [0.15, 0.2) is 24.3 Å². The zero-order chi connectivity index (χ0) is 13.7. The maximum atomic E-state index is 8.98. The highest BCUT2D eigenvalue weighted by Gasteiger charge is 2.18. The van der Waals surface area contributed by atoms with Gasteiger partial charge in [-0.2, -0.15) is 0 Å². The van der Waals surface area contributed by atoms with E-state index < -0.39 is 7.12 Å². The SMILES string of the molecule is CN(CCOc1ccc(B(O)O)cc1)CC1CCC1. The van der Waals surface area contributed by atoms with Gasteiger partial charge in [0.05, 0.1) is 0 Å². The summed E-state index contributed by atoms with van der Waals surface area (Å²) in [4.78, 5) is 2.32. The molecule has 1 aliphatic rings. The van der Waals surface area contributed by atoms with Crippen molar-refractivity contribution in [3.8, 4) is 5.75 Å². The first-order valence-electron chi connectivity index (χ1n) is 6.92. The van der Waals surface area contributed by atoms with E-state index >= 15 is 0 Å². The first-order chi connectivity index (χ1) is 9.15. The van der Waals surface area contributed by atoms with Crippen LogP contribution < -0.4 is 10.2 Å². The molecule has 2 rings (SSSR count). The van der Waals surface area contributed by atoms with Gasteiger partial charge in [0.25, 0.3) is 0 Å². The van der Waals surface area contributed by atoms with E-state index in [4.69, 9.17) is 14.8 Å². The summed E-state index contributed by atoms with van der Waals surface area (Å²) in [7, 11) is 0.718. The molecule has 1 aliphatic carbocycles. The molecule has 4 nitrogen and oxygen atoms in total. The first kappa shape index (κ1) is 14.4. The summed E-state index contributed by atoms with van der Waals surface area (Å²) < 4.78 is 5.64. The van der Waals surface area contributed by atoms with Gasteiger partial charge in [0.15, 0.2) is 0 Å². The topological polar surface area (TPSA) is 52.9 Å². The van der Waals surface area contributed by atoms with E-state index in [1.54, 1.807) is 24.3 Å². The standard InChI is InChI=1S/C14H22BNO3/c1-16(11-12-3-2-4-12)9-10-19-14-7-5-13(6-8-14)15(17)18/h5-8,12,17-18H,2-4,9-11H2,1H3. The van der Waals surface area contributed by atoms with Crippen LogP contribution in [-0.4, -0.2) is 48.8 Å². The molecule has 1 aromatic carbocycles. The molecule has 0 aliphatic heterocycles. The van der Waals surface area contributed by atoms with Gasteiger partial charge in [-0.15, -0.1) is 0 Å². The Hall–Kier alpha value is -1.04. The minimum absolute atomic E-state index is 0.481. The minimum Gasteiger partial charge on any atom is -0.492 e. The van der Waals surface area contributed by atoms with Gasteiger partial charge in [0.1, 0.15) is 12.4 Å². The lowest BCUT2D eigenvalue weighted by molar-refractivity contribution is 0.177. The van der Waals surface area contributed by atoms with Crippen LogP contribution in [0, 0.1) is 5.92 Å². The Bertz CT molecular complexity index is 379. The van der Waals surface area contributed by atoms with Gasteiger partial charge in [-0.1, -0.05) is 18.6 Å². The van der Waals surface area contributed by atoms with E-state index in [1.807, 2.05) is 0 Å². The number of likely N-dealkylation sites (N-methyl/N-ethyl adjacent to an activating group) is 1. The number of rotatable bonds is 7. The predicted molar refractivity (Wildman–Crippen MR) is 76.6 cm³/mol. The smallest absolute Gasteiger partial charge is 0.488 e. The van der Waals surface area contributed by atoms with Gasteiger partial charge in [-0.25, -0.2) is 0 Å². The fourth-order valence-electron chi connectivity index (χ4n) is 2.26. The van der Waals surface area contributed by atoms with Crippen LogP contribution in [-0.2, 0) is 0 Å². The fraction of sp³-hybridized carbons (Fsp3) is 0.571. The molecule has 0 aromatic heterocycles. The van der Waals surface area contributed by atoms with Crippen LogP contribution in [0.2, 0.25) is 0 Å². The molecule has 0 amide bonds. The Balaban J connectivity index is 1.66. The van der Waals surface area contributed by atoms with Crippen molar-refractivity contribution >= 4 is 12.6 Å². The van der Waals surface area contributed by atoms with Crippen LogP contribution in [0.3, 0.4) is 0 Å². The number of hydrogen-bond donors (Lipinski definition) is 2. The summed E-state index contributed by atoms with van der Waals surface area (Å²) in [6.07, 6.45) is 4.13. The van der Waals surface area contributed by atoms with E-state index in [1.165, 1.54) is 25.8 Å². The summed E-state index contributed by atoms with van der Waals surface area (Å²) in [6, 6.07) is 6.86. The minimum atomic E-state index is -1.41. The lowest BCUT2D eigenvalue weighted by atomic mass is 9.80. The zero-order valence-electron chi connectivity index (χ0n) is 11.5. The van der Waals surface area contributed by atoms with Crippen LogP contribution >= 0.6 is 0 Å². The average molecular weight is 263 g/mol. The molecule has 0 spiro atoms. The van der Waals surface area contributed by atoms with Gasteiger partial charge < -0.3 is 19.7 Å². The third kappa shape index (κ3) is 4.53. The predicted octanol–water partition coefficient (Wildman–Crippen LogP) is 0.477. The molecular formula is C14H22BNO3.